The zero-order valence-electron chi connectivity index (χ0n) is 16.6. The van der Waals surface area contributed by atoms with Crippen molar-refractivity contribution >= 4 is 11.6 Å². The molecule has 0 aliphatic carbocycles. The van der Waals surface area contributed by atoms with Gasteiger partial charge in [-0.3, -0.25) is 4.79 Å². The maximum atomic E-state index is 12.8. The predicted molar refractivity (Wildman–Crippen MR) is 104 cm³/mol. The smallest absolute Gasteiger partial charge is 0.256 e. The average molecular weight is 350 g/mol. The number of nitrogens with one attached hydrogen (secondary N) is 1. The molecule has 0 aromatic heterocycles. The zero-order chi connectivity index (χ0) is 18.7. The van der Waals surface area contributed by atoms with Gasteiger partial charge in [-0.05, 0) is 56.9 Å². The van der Waals surface area contributed by atoms with Crippen LogP contribution in [0.25, 0.3) is 0 Å². The van der Waals surface area contributed by atoms with Crippen LogP contribution in [0.2, 0.25) is 0 Å². The van der Waals surface area contributed by atoms with Gasteiger partial charge in [0.25, 0.3) is 5.91 Å². The predicted octanol–water partition coefficient (Wildman–Crippen LogP) is 5.49. The topological polar surface area (TPSA) is 47.6 Å². The van der Waals surface area contributed by atoms with Crippen LogP contribution in [-0.2, 0) is 9.53 Å². The fraction of sp³-hybridized carbons (Fsp3) is 0.667. The summed E-state index contributed by atoms with van der Waals surface area (Å²) >= 11 is 0. The van der Waals surface area contributed by atoms with Gasteiger partial charge in [-0.25, -0.2) is 0 Å². The van der Waals surface area contributed by atoms with E-state index in [1.54, 1.807) is 0 Å². The number of carbonyl (C=O) groups excluding carboxylic acids is 1. The summed E-state index contributed by atoms with van der Waals surface area (Å²) in [5.74, 6) is 0.798. The number of unbranched alkanes of at least 4 members (excludes halogenated alkanes) is 2. The second-order valence-corrected chi connectivity index (χ2v) is 6.82. The van der Waals surface area contributed by atoms with Gasteiger partial charge >= 0.3 is 0 Å². The molecule has 4 nitrogen and oxygen atoms in total. The molecule has 1 aromatic rings. The molecule has 0 heterocycles. The fourth-order valence-corrected chi connectivity index (χ4v) is 2.66. The Balaban J connectivity index is 2.79. The molecule has 0 unspecified atom stereocenters. The SMILES string of the molecule is CCCCC[C@@](C)(OCCC)C(=O)Nc1ccc(OCCC)c(C)c1. The Morgan fingerprint density at radius 3 is 2.40 bits per heavy atom. The molecule has 0 aliphatic heterocycles. The molecule has 0 radical (unpaired) electrons. The minimum atomic E-state index is -0.781. The molecular formula is C21H35NO3. The highest BCUT2D eigenvalue weighted by Crippen LogP contribution is 2.25. The van der Waals surface area contributed by atoms with Crippen LogP contribution in [-0.4, -0.2) is 24.7 Å². The lowest BCUT2D eigenvalue weighted by molar-refractivity contribution is -0.140. The maximum Gasteiger partial charge on any atom is 0.256 e. The Kier molecular flexibility index (Phi) is 9.58. The van der Waals surface area contributed by atoms with Crippen molar-refractivity contribution in [1.82, 2.24) is 0 Å². The van der Waals surface area contributed by atoms with Gasteiger partial charge in [0.15, 0.2) is 0 Å². The number of aryl methyl sites for hydroxylation is 1. The lowest BCUT2D eigenvalue weighted by Crippen LogP contribution is -2.43. The van der Waals surface area contributed by atoms with Crippen molar-refractivity contribution in [1.29, 1.82) is 0 Å². The van der Waals surface area contributed by atoms with Crippen molar-refractivity contribution in [2.24, 2.45) is 0 Å². The largest absolute Gasteiger partial charge is 0.493 e. The summed E-state index contributed by atoms with van der Waals surface area (Å²) < 4.78 is 11.6. The summed E-state index contributed by atoms with van der Waals surface area (Å²) in [4.78, 5) is 12.8. The molecule has 1 amide bonds. The van der Waals surface area contributed by atoms with Crippen molar-refractivity contribution in [2.45, 2.75) is 78.7 Å². The molecule has 0 bridgehead atoms. The lowest BCUT2D eigenvalue weighted by Gasteiger charge is -2.29. The number of rotatable bonds is 12. The summed E-state index contributed by atoms with van der Waals surface area (Å²) in [5, 5.41) is 3.02. The number of anilines is 1. The number of hydrogen-bond acceptors (Lipinski definition) is 3. The highest BCUT2D eigenvalue weighted by Gasteiger charge is 2.33. The van der Waals surface area contributed by atoms with E-state index in [0.717, 1.165) is 55.5 Å². The van der Waals surface area contributed by atoms with Crippen LogP contribution >= 0.6 is 0 Å². The third kappa shape index (κ3) is 7.07. The van der Waals surface area contributed by atoms with Crippen molar-refractivity contribution in [3.8, 4) is 5.75 Å². The van der Waals surface area contributed by atoms with Crippen LogP contribution in [0.3, 0.4) is 0 Å². The van der Waals surface area contributed by atoms with Gasteiger partial charge < -0.3 is 14.8 Å². The summed E-state index contributed by atoms with van der Waals surface area (Å²) in [6.45, 7) is 11.5. The Morgan fingerprint density at radius 2 is 1.80 bits per heavy atom. The Morgan fingerprint density at radius 1 is 1.08 bits per heavy atom. The van der Waals surface area contributed by atoms with Gasteiger partial charge in [0, 0.05) is 12.3 Å². The molecule has 4 heteroatoms. The van der Waals surface area contributed by atoms with E-state index >= 15 is 0 Å². The fourth-order valence-electron chi connectivity index (χ4n) is 2.66. The lowest BCUT2D eigenvalue weighted by atomic mass is 9.96. The van der Waals surface area contributed by atoms with Gasteiger partial charge in [-0.1, -0.05) is 40.0 Å². The number of ether oxygens (including phenoxy) is 2. The highest BCUT2D eigenvalue weighted by molar-refractivity contribution is 5.97. The van der Waals surface area contributed by atoms with E-state index < -0.39 is 5.60 Å². The van der Waals surface area contributed by atoms with Crippen molar-refractivity contribution in [2.75, 3.05) is 18.5 Å². The summed E-state index contributed by atoms with van der Waals surface area (Å²) in [6.07, 6.45) is 5.85. The van der Waals surface area contributed by atoms with Crippen LogP contribution < -0.4 is 10.1 Å². The van der Waals surface area contributed by atoms with Crippen LogP contribution in [0.1, 0.15) is 71.8 Å². The van der Waals surface area contributed by atoms with E-state index in [1.165, 1.54) is 0 Å². The number of benzene rings is 1. The molecule has 0 spiro atoms. The molecule has 1 N–H and O–H groups in total. The van der Waals surface area contributed by atoms with E-state index in [9.17, 15) is 4.79 Å². The van der Waals surface area contributed by atoms with Crippen molar-refractivity contribution in [3.63, 3.8) is 0 Å². The van der Waals surface area contributed by atoms with Crippen LogP contribution in [0, 0.1) is 6.92 Å². The maximum absolute atomic E-state index is 12.8. The van der Waals surface area contributed by atoms with Crippen molar-refractivity contribution < 1.29 is 14.3 Å². The van der Waals surface area contributed by atoms with E-state index in [-0.39, 0.29) is 5.91 Å². The zero-order valence-corrected chi connectivity index (χ0v) is 16.6. The molecule has 0 saturated carbocycles. The van der Waals surface area contributed by atoms with Crippen LogP contribution in [0.15, 0.2) is 18.2 Å². The number of amides is 1. The molecule has 25 heavy (non-hydrogen) atoms. The molecule has 1 aromatic carbocycles. The second kappa shape index (κ2) is 11.1. The van der Waals surface area contributed by atoms with Gasteiger partial charge in [0.1, 0.15) is 11.4 Å². The van der Waals surface area contributed by atoms with Crippen LogP contribution in [0.5, 0.6) is 5.75 Å². The molecule has 1 atom stereocenters. The van der Waals surface area contributed by atoms with Gasteiger partial charge in [-0.2, -0.15) is 0 Å². The Bertz CT molecular complexity index is 530. The molecule has 0 saturated heterocycles. The van der Waals surface area contributed by atoms with Gasteiger partial charge in [0.2, 0.25) is 0 Å². The van der Waals surface area contributed by atoms with Gasteiger partial charge in [0.05, 0.1) is 6.61 Å². The first-order valence-electron chi connectivity index (χ1n) is 9.65. The second-order valence-electron chi connectivity index (χ2n) is 6.82. The monoisotopic (exact) mass is 349 g/mol. The number of hydrogen-bond donors (Lipinski definition) is 1. The first kappa shape index (κ1) is 21.5. The first-order valence-corrected chi connectivity index (χ1v) is 9.65. The average Bonchev–Trinajstić information content (AvgIpc) is 2.59. The first-order chi connectivity index (χ1) is 12.0. The normalized spacial score (nSPS) is 13.3. The Labute approximate surface area is 153 Å². The van der Waals surface area contributed by atoms with E-state index in [1.807, 2.05) is 32.0 Å². The summed E-state index contributed by atoms with van der Waals surface area (Å²) in [7, 11) is 0. The van der Waals surface area contributed by atoms with E-state index in [2.05, 4.69) is 26.1 Å². The quantitative estimate of drug-likeness (QED) is 0.508. The molecule has 142 valence electrons. The highest BCUT2D eigenvalue weighted by atomic mass is 16.5. The van der Waals surface area contributed by atoms with Crippen molar-refractivity contribution in [3.05, 3.63) is 23.8 Å². The van der Waals surface area contributed by atoms with Crippen LogP contribution in [0.4, 0.5) is 5.69 Å². The standard InChI is InChI=1S/C21H35NO3/c1-6-9-10-13-21(5,25-15-8-3)20(23)22-18-11-12-19(17(4)16-18)24-14-7-2/h11-12,16H,6-10,13-15H2,1-5H3,(H,22,23)/t21-/m1/s1. The molecule has 0 aliphatic rings. The molecule has 1 rings (SSSR count). The Hall–Kier alpha value is -1.55. The minimum Gasteiger partial charge on any atom is -0.493 e. The third-order valence-electron chi connectivity index (χ3n) is 4.26. The third-order valence-corrected chi connectivity index (χ3v) is 4.26. The van der Waals surface area contributed by atoms with E-state index in [4.69, 9.17) is 9.47 Å². The summed E-state index contributed by atoms with van der Waals surface area (Å²) in [5.41, 5.74) is 1.03. The van der Waals surface area contributed by atoms with E-state index in [0.29, 0.717) is 13.2 Å². The minimum absolute atomic E-state index is 0.0707. The molecular weight excluding hydrogens is 314 g/mol. The van der Waals surface area contributed by atoms with Gasteiger partial charge in [-0.15, -0.1) is 0 Å². The molecule has 0 fully saturated rings. The number of carbonyl (C=O) groups is 1. The summed E-state index contributed by atoms with van der Waals surface area (Å²) in [6, 6.07) is 5.76.